The van der Waals surface area contributed by atoms with Gasteiger partial charge in [0, 0.05) is 16.3 Å². The first-order valence-corrected chi connectivity index (χ1v) is 10.8. The molecule has 0 radical (unpaired) electrons. The molecule has 0 spiro atoms. The molecule has 1 unspecified atom stereocenters. The Morgan fingerprint density at radius 2 is 1.83 bits per heavy atom. The number of aliphatic hydroxyl groups excluding tert-OH is 1. The number of nitrogens with zero attached hydrogens (tertiary/aromatic N) is 3. The molecule has 4 rings (SSSR count). The van der Waals surface area contributed by atoms with Crippen LogP contribution in [0, 0.1) is 0 Å². The summed E-state index contributed by atoms with van der Waals surface area (Å²) < 4.78 is 7.06. The van der Waals surface area contributed by atoms with Gasteiger partial charge < -0.3 is 15.7 Å². The van der Waals surface area contributed by atoms with E-state index in [2.05, 4.69) is 10.2 Å². The second kappa shape index (κ2) is 9.14. The fourth-order valence-electron chi connectivity index (χ4n) is 2.90. The predicted octanol–water partition coefficient (Wildman–Crippen LogP) is 4.65. The van der Waals surface area contributed by atoms with E-state index in [0.29, 0.717) is 38.1 Å². The van der Waals surface area contributed by atoms with Crippen molar-refractivity contribution < 1.29 is 9.84 Å². The first-order valence-electron chi connectivity index (χ1n) is 9.09. The molecular weight excluding hydrogens is 443 g/mol. The van der Waals surface area contributed by atoms with E-state index in [0.717, 1.165) is 10.8 Å². The summed E-state index contributed by atoms with van der Waals surface area (Å²) in [5.74, 6) is 7.56. The molecule has 154 valence electrons. The summed E-state index contributed by atoms with van der Waals surface area (Å²) >= 11 is 13.5. The number of thioether (sulfide) groups is 1. The number of hydrogen-bond acceptors (Lipinski definition) is 6. The third kappa shape index (κ3) is 4.65. The van der Waals surface area contributed by atoms with Gasteiger partial charge in [-0.15, -0.1) is 10.2 Å². The van der Waals surface area contributed by atoms with E-state index in [1.165, 1.54) is 16.4 Å². The molecule has 30 heavy (non-hydrogen) atoms. The molecule has 3 aromatic carbocycles. The van der Waals surface area contributed by atoms with E-state index < -0.39 is 6.10 Å². The molecular formula is C21H18Cl2N4O2S. The third-order valence-electron chi connectivity index (χ3n) is 4.40. The van der Waals surface area contributed by atoms with Gasteiger partial charge in [0.25, 0.3) is 0 Å². The maximum atomic E-state index is 10.3. The Kier molecular flexibility index (Phi) is 6.34. The molecule has 3 N–H and O–H groups in total. The van der Waals surface area contributed by atoms with Crippen molar-refractivity contribution in [1.29, 1.82) is 0 Å². The summed E-state index contributed by atoms with van der Waals surface area (Å²) in [6, 6.07) is 18.9. The van der Waals surface area contributed by atoms with E-state index >= 15 is 0 Å². The zero-order valence-corrected chi connectivity index (χ0v) is 18.0. The number of aliphatic hydroxyl groups is 1. The lowest BCUT2D eigenvalue weighted by Gasteiger charge is -2.12. The largest absolute Gasteiger partial charge is 0.491 e. The molecule has 1 aromatic heterocycles. The molecule has 0 aliphatic rings. The molecule has 1 atom stereocenters. The summed E-state index contributed by atoms with van der Waals surface area (Å²) in [4.78, 5) is 0. The number of hydrogen-bond donors (Lipinski definition) is 2. The quantitative estimate of drug-likeness (QED) is 0.308. The molecule has 0 saturated heterocycles. The summed E-state index contributed by atoms with van der Waals surface area (Å²) in [6.45, 7) is 0.150. The maximum absolute atomic E-state index is 10.3. The number of rotatable bonds is 7. The molecule has 0 saturated carbocycles. The van der Waals surface area contributed by atoms with Gasteiger partial charge in [-0.2, -0.15) is 0 Å². The normalized spacial score (nSPS) is 12.2. The number of aromatic nitrogens is 3. The Hall–Kier alpha value is -2.45. The second-order valence-corrected chi connectivity index (χ2v) is 8.42. The van der Waals surface area contributed by atoms with E-state index in [-0.39, 0.29) is 6.61 Å². The van der Waals surface area contributed by atoms with Gasteiger partial charge in [0.05, 0.1) is 11.1 Å². The molecule has 0 aliphatic heterocycles. The topological polar surface area (TPSA) is 86.2 Å². The molecule has 0 bridgehead atoms. The number of ether oxygens (including phenoxy) is 1. The van der Waals surface area contributed by atoms with Gasteiger partial charge in [-0.25, -0.2) is 4.68 Å². The van der Waals surface area contributed by atoms with Gasteiger partial charge in [-0.3, -0.25) is 0 Å². The molecule has 0 fully saturated rings. The highest BCUT2D eigenvalue weighted by molar-refractivity contribution is 7.99. The van der Waals surface area contributed by atoms with Crippen LogP contribution in [0.5, 0.6) is 5.75 Å². The van der Waals surface area contributed by atoms with Gasteiger partial charge in [0.2, 0.25) is 5.16 Å². The first-order chi connectivity index (χ1) is 14.5. The number of nitrogens with two attached hydrogens (primary N) is 1. The predicted molar refractivity (Wildman–Crippen MR) is 122 cm³/mol. The van der Waals surface area contributed by atoms with Crippen LogP contribution >= 0.6 is 35.0 Å². The molecule has 1 heterocycles. The lowest BCUT2D eigenvalue weighted by atomic mass is 10.1. The first kappa shape index (κ1) is 20.8. The smallest absolute Gasteiger partial charge is 0.210 e. The van der Waals surface area contributed by atoms with Crippen LogP contribution in [-0.4, -0.2) is 38.4 Å². The van der Waals surface area contributed by atoms with Crippen LogP contribution in [0.15, 0.2) is 65.8 Å². The Bertz CT molecular complexity index is 1180. The Labute approximate surface area is 187 Å². The SMILES string of the molecule is Nn1c(SCC(O)COc2ccc3ccccc3c2)nnc1-c1cc(Cl)ccc1Cl. The lowest BCUT2D eigenvalue weighted by Crippen LogP contribution is -2.21. The zero-order chi connectivity index (χ0) is 21.1. The molecule has 6 nitrogen and oxygen atoms in total. The van der Waals surface area contributed by atoms with Crippen LogP contribution in [0.4, 0.5) is 0 Å². The maximum Gasteiger partial charge on any atom is 0.210 e. The van der Waals surface area contributed by atoms with Crippen LogP contribution in [0.2, 0.25) is 10.0 Å². The highest BCUT2D eigenvalue weighted by Gasteiger charge is 2.17. The summed E-state index contributed by atoms with van der Waals surface area (Å²) in [7, 11) is 0. The number of nitrogen functional groups attached to an aromatic ring is 1. The van der Waals surface area contributed by atoms with Crippen LogP contribution in [0.1, 0.15) is 0 Å². The van der Waals surface area contributed by atoms with Crippen molar-refractivity contribution in [2.24, 2.45) is 0 Å². The van der Waals surface area contributed by atoms with Crippen LogP contribution in [0.25, 0.3) is 22.2 Å². The van der Waals surface area contributed by atoms with E-state index in [1.54, 1.807) is 18.2 Å². The molecule has 0 amide bonds. The Balaban J connectivity index is 1.36. The average Bonchev–Trinajstić information content (AvgIpc) is 3.12. The molecule has 4 aromatic rings. The van der Waals surface area contributed by atoms with Gasteiger partial charge in [-0.05, 0) is 41.1 Å². The van der Waals surface area contributed by atoms with Crippen molar-refractivity contribution in [2.45, 2.75) is 11.3 Å². The number of fused-ring (bicyclic) bond motifs is 1. The number of halogens is 2. The Morgan fingerprint density at radius 1 is 1.03 bits per heavy atom. The lowest BCUT2D eigenvalue weighted by molar-refractivity contribution is 0.126. The highest BCUT2D eigenvalue weighted by Crippen LogP contribution is 2.30. The van der Waals surface area contributed by atoms with E-state index in [1.807, 2.05) is 42.5 Å². The van der Waals surface area contributed by atoms with Crippen molar-refractivity contribution in [3.8, 4) is 17.1 Å². The summed E-state index contributed by atoms with van der Waals surface area (Å²) in [6.07, 6.45) is -0.712. The van der Waals surface area contributed by atoms with Crippen molar-refractivity contribution in [1.82, 2.24) is 14.9 Å². The Morgan fingerprint density at radius 3 is 2.67 bits per heavy atom. The summed E-state index contributed by atoms with van der Waals surface area (Å²) in [5, 5.41) is 22.1. The van der Waals surface area contributed by atoms with E-state index in [9.17, 15) is 5.11 Å². The minimum atomic E-state index is -0.712. The van der Waals surface area contributed by atoms with Crippen molar-refractivity contribution in [3.05, 3.63) is 70.7 Å². The third-order valence-corrected chi connectivity index (χ3v) is 6.05. The van der Waals surface area contributed by atoms with Crippen LogP contribution < -0.4 is 10.6 Å². The fraction of sp³-hybridized carbons (Fsp3) is 0.143. The minimum Gasteiger partial charge on any atom is -0.491 e. The zero-order valence-electron chi connectivity index (χ0n) is 15.7. The molecule has 9 heteroatoms. The monoisotopic (exact) mass is 460 g/mol. The van der Waals surface area contributed by atoms with Crippen LogP contribution in [-0.2, 0) is 0 Å². The molecule has 0 aliphatic carbocycles. The van der Waals surface area contributed by atoms with Gasteiger partial charge in [0.1, 0.15) is 12.4 Å². The number of benzene rings is 3. The van der Waals surface area contributed by atoms with Gasteiger partial charge in [-0.1, -0.05) is 65.3 Å². The highest BCUT2D eigenvalue weighted by atomic mass is 35.5. The van der Waals surface area contributed by atoms with Crippen LogP contribution in [0.3, 0.4) is 0 Å². The van der Waals surface area contributed by atoms with Gasteiger partial charge in [0.15, 0.2) is 5.82 Å². The van der Waals surface area contributed by atoms with E-state index in [4.69, 9.17) is 33.8 Å². The second-order valence-electron chi connectivity index (χ2n) is 6.59. The fourth-order valence-corrected chi connectivity index (χ4v) is 4.03. The standard InChI is InChI=1S/C21H18Cl2N4O2S/c22-15-6-8-19(23)18(10-15)20-25-26-21(27(20)24)30-12-16(28)11-29-17-7-5-13-3-1-2-4-14(13)9-17/h1-10,16,28H,11-12,24H2. The van der Waals surface area contributed by atoms with Crippen molar-refractivity contribution in [3.63, 3.8) is 0 Å². The van der Waals surface area contributed by atoms with Gasteiger partial charge >= 0.3 is 0 Å². The summed E-state index contributed by atoms with van der Waals surface area (Å²) in [5.41, 5.74) is 0.589. The average molecular weight is 461 g/mol. The van der Waals surface area contributed by atoms with Crippen molar-refractivity contribution >= 4 is 45.7 Å². The van der Waals surface area contributed by atoms with Crippen molar-refractivity contribution in [2.75, 3.05) is 18.2 Å². The minimum absolute atomic E-state index is 0.150.